The third kappa shape index (κ3) is 2.12. The first-order chi connectivity index (χ1) is 6.16. The Labute approximate surface area is 81.3 Å². The Morgan fingerprint density at radius 1 is 1.46 bits per heavy atom. The molecule has 1 N–H and O–H groups in total. The predicted octanol–water partition coefficient (Wildman–Crippen LogP) is 2.45. The lowest BCUT2D eigenvalue weighted by molar-refractivity contribution is 0.104. The summed E-state index contributed by atoms with van der Waals surface area (Å²) in [4.78, 5) is 11.9. The van der Waals surface area contributed by atoms with Gasteiger partial charge in [-0.2, -0.15) is 0 Å². The molecule has 3 heteroatoms. The van der Waals surface area contributed by atoms with E-state index in [0.29, 0.717) is 10.5 Å². The Bertz CT molecular complexity index is 345. The third-order valence-electron chi connectivity index (χ3n) is 1.65. The molecule has 1 rings (SSSR count). The minimum absolute atomic E-state index is 0.00250. The minimum Gasteiger partial charge on any atom is -0.507 e. The van der Waals surface area contributed by atoms with Gasteiger partial charge in [-0.05, 0) is 18.4 Å². The molecule has 0 saturated carbocycles. The molecule has 68 valence electrons. The van der Waals surface area contributed by atoms with E-state index in [1.807, 2.05) is 0 Å². The minimum atomic E-state index is -0.217. The molecule has 0 bridgehead atoms. The lowest BCUT2D eigenvalue weighted by Crippen LogP contribution is -1.99. The first kappa shape index (κ1) is 9.86. The van der Waals surface area contributed by atoms with Crippen LogP contribution in [0.15, 0.2) is 35.7 Å². The van der Waals surface area contributed by atoms with Crippen LogP contribution in [0.4, 0.5) is 0 Å². The van der Waals surface area contributed by atoms with E-state index in [1.165, 1.54) is 17.8 Å². The van der Waals surface area contributed by atoms with Gasteiger partial charge in [0.1, 0.15) is 5.75 Å². The summed E-state index contributed by atoms with van der Waals surface area (Å²) in [5, 5.41) is 9.35. The number of allylic oxidation sites excluding steroid dienone is 1. The molecule has 0 aliphatic carbocycles. The second-order valence-corrected chi connectivity index (χ2v) is 3.37. The number of benzene rings is 1. The Hall–Kier alpha value is -1.22. The molecule has 0 fully saturated rings. The summed E-state index contributed by atoms with van der Waals surface area (Å²) in [6.45, 7) is 3.59. The molecule has 1 aromatic rings. The van der Waals surface area contributed by atoms with Crippen LogP contribution in [0.25, 0.3) is 0 Å². The lowest BCUT2D eigenvalue weighted by atomic mass is 10.1. The molecule has 13 heavy (non-hydrogen) atoms. The zero-order chi connectivity index (χ0) is 9.84. The van der Waals surface area contributed by atoms with Gasteiger partial charge in [0, 0.05) is 4.91 Å². The van der Waals surface area contributed by atoms with E-state index in [4.69, 9.17) is 0 Å². The SMILES string of the molecule is C=C(SC)C(=O)c1ccccc1O. The molecule has 0 unspecified atom stereocenters. The highest BCUT2D eigenvalue weighted by Crippen LogP contribution is 2.22. The van der Waals surface area contributed by atoms with Gasteiger partial charge in [-0.15, -0.1) is 11.8 Å². The fourth-order valence-electron chi connectivity index (χ4n) is 0.909. The van der Waals surface area contributed by atoms with Crippen molar-refractivity contribution in [2.45, 2.75) is 0 Å². The number of phenols is 1. The number of hydrogen-bond acceptors (Lipinski definition) is 3. The molecule has 0 aliphatic rings. The van der Waals surface area contributed by atoms with Crippen molar-refractivity contribution in [3.05, 3.63) is 41.3 Å². The lowest BCUT2D eigenvalue weighted by Gasteiger charge is -2.02. The normalized spacial score (nSPS) is 9.62. The molecule has 0 atom stereocenters. The van der Waals surface area contributed by atoms with E-state index in [0.717, 1.165) is 0 Å². The largest absolute Gasteiger partial charge is 0.507 e. The van der Waals surface area contributed by atoms with Crippen LogP contribution in [0, 0.1) is 0 Å². The van der Waals surface area contributed by atoms with Crippen molar-refractivity contribution in [3.8, 4) is 5.75 Å². The summed E-state index contributed by atoms with van der Waals surface area (Å²) >= 11 is 1.28. The number of phenolic OH excluding ortho intramolecular Hbond substituents is 1. The van der Waals surface area contributed by atoms with Crippen LogP contribution in [0.2, 0.25) is 0 Å². The molecule has 0 amide bonds. The Balaban J connectivity index is 3.02. The number of carbonyl (C=O) groups is 1. The van der Waals surface area contributed by atoms with Gasteiger partial charge in [0.05, 0.1) is 5.56 Å². The van der Waals surface area contributed by atoms with E-state index < -0.39 is 0 Å². The Morgan fingerprint density at radius 3 is 2.62 bits per heavy atom. The first-order valence-electron chi connectivity index (χ1n) is 3.72. The molecular weight excluding hydrogens is 184 g/mol. The number of rotatable bonds is 3. The van der Waals surface area contributed by atoms with Crippen molar-refractivity contribution in [2.24, 2.45) is 0 Å². The van der Waals surface area contributed by atoms with Crippen molar-refractivity contribution >= 4 is 17.5 Å². The van der Waals surface area contributed by atoms with Gasteiger partial charge in [-0.25, -0.2) is 0 Å². The summed E-state index contributed by atoms with van der Waals surface area (Å²) < 4.78 is 0. The zero-order valence-corrected chi connectivity index (χ0v) is 8.10. The van der Waals surface area contributed by atoms with Gasteiger partial charge in [0.15, 0.2) is 0 Å². The standard InChI is InChI=1S/C10H10O2S/c1-7(13-2)10(12)8-5-3-4-6-9(8)11/h3-6,11H,1H2,2H3. The first-order valence-corrected chi connectivity index (χ1v) is 4.95. The van der Waals surface area contributed by atoms with Crippen LogP contribution in [0.1, 0.15) is 10.4 Å². The summed E-state index contributed by atoms with van der Waals surface area (Å²) in [7, 11) is 0. The summed E-state index contributed by atoms with van der Waals surface area (Å²) in [5.74, 6) is -0.215. The van der Waals surface area contributed by atoms with Crippen LogP contribution < -0.4 is 0 Å². The molecule has 0 spiro atoms. The van der Waals surface area contributed by atoms with Crippen molar-refractivity contribution in [1.82, 2.24) is 0 Å². The fraction of sp³-hybridized carbons (Fsp3) is 0.100. The molecule has 1 aromatic carbocycles. The highest BCUT2D eigenvalue weighted by Gasteiger charge is 2.12. The molecule has 0 aliphatic heterocycles. The number of carbonyl (C=O) groups excluding carboxylic acids is 1. The highest BCUT2D eigenvalue weighted by molar-refractivity contribution is 8.03. The third-order valence-corrected chi connectivity index (χ3v) is 2.33. The van der Waals surface area contributed by atoms with Crippen molar-refractivity contribution in [1.29, 1.82) is 0 Å². The van der Waals surface area contributed by atoms with Crippen LogP contribution in [-0.4, -0.2) is 17.1 Å². The van der Waals surface area contributed by atoms with Crippen molar-refractivity contribution in [3.63, 3.8) is 0 Å². The second-order valence-electron chi connectivity index (χ2n) is 2.47. The molecule has 2 nitrogen and oxygen atoms in total. The Morgan fingerprint density at radius 2 is 2.08 bits per heavy atom. The van der Waals surface area contributed by atoms with Crippen molar-refractivity contribution < 1.29 is 9.90 Å². The molecule has 0 saturated heterocycles. The van der Waals surface area contributed by atoms with E-state index in [-0.39, 0.29) is 11.5 Å². The number of Topliss-reactive ketones (excluding diaryl/α,β-unsaturated/α-hetero) is 1. The van der Waals surface area contributed by atoms with Crippen LogP contribution >= 0.6 is 11.8 Å². The summed E-state index contributed by atoms with van der Waals surface area (Å²) in [6.07, 6.45) is 1.78. The van der Waals surface area contributed by atoms with Gasteiger partial charge in [0.25, 0.3) is 0 Å². The smallest absolute Gasteiger partial charge is 0.202 e. The van der Waals surface area contributed by atoms with Crippen molar-refractivity contribution in [2.75, 3.05) is 6.26 Å². The maximum Gasteiger partial charge on any atom is 0.202 e. The number of para-hydroxylation sites is 1. The second kappa shape index (κ2) is 4.14. The Kier molecular flexibility index (Phi) is 3.14. The number of ketones is 1. The molecule has 0 radical (unpaired) electrons. The van der Waals surface area contributed by atoms with Crippen LogP contribution in [0.3, 0.4) is 0 Å². The van der Waals surface area contributed by atoms with Gasteiger partial charge < -0.3 is 5.11 Å². The summed E-state index contributed by atoms with van der Waals surface area (Å²) in [5.41, 5.74) is 0.307. The maximum absolute atomic E-state index is 11.5. The maximum atomic E-state index is 11.5. The average Bonchev–Trinajstić information content (AvgIpc) is 2.16. The van der Waals surface area contributed by atoms with E-state index in [2.05, 4.69) is 6.58 Å². The molecule has 0 heterocycles. The van der Waals surface area contributed by atoms with E-state index in [9.17, 15) is 9.90 Å². The monoisotopic (exact) mass is 194 g/mol. The quantitative estimate of drug-likeness (QED) is 0.593. The zero-order valence-electron chi connectivity index (χ0n) is 7.28. The van der Waals surface area contributed by atoms with Gasteiger partial charge in [-0.1, -0.05) is 18.7 Å². The number of aromatic hydroxyl groups is 1. The van der Waals surface area contributed by atoms with E-state index >= 15 is 0 Å². The average molecular weight is 194 g/mol. The summed E-state index contributed by atoms with van der Waals surface area (Å²) in [6, 6.07) is 6.45. The predicted molar refractivity (Wildman–Crippen MR) is 55.1 cm³/mol. The van der Waals surface area contributed by atoms with Gasteiger partial charge in [0.2, 0.25) is 5.78 Å². The molecular formula is C10H10O2S. The topological polar surface area (TPSA) is 37.3 Å². The van der Waals surface area contributed by atoms with Gasteiger partial charge >= 0.3 is 0 Å². The molecule has 0 aromatic heterocycles. The van der Waals surface area contributed by atoms with Crippen LogP contribution in [0.5, 0.6) is 5.75 Å². The van der Waals surface area contributed by atoms with Gasteiger partial charge in [-0.3, -0.25) is 4.79 Å². The number of thioether (sulfide) groups is 1. The van der Waals surface area contributed by atoms with Crippen LogP contribution in [-0.2, 0) is 0 Å². The highest BCUT2D eigenvalue weighted by atomic mass is 32.2. The fourth-order valence-corrected chi connectivity index (χ4v) is 1.20. The number of hydrogen-bond donors (Lipinski definition) is 1. The van der Waals surface area contributed by atoms with E-state index in [1.54, 1.807) is 24.5 Å².